The first-order valence-corrected chi connectivity index (χ1v) is 3.79. The van der Waals surface area contributed by atoms with Crippen molar-refractivity contribution in [2.75, 3.05) is 6.54 Å². The molecule has 58 valence electrons. The Bertz CT molecular complexity index is 143. The van der Waals surface area contributed by atoms with E-state index in [1.807, 2.05) is 0 Å². The fourth-order valence-electron chi connectivity index (χ4n) is 1.58. The lowest BCUT2D eigenvalue weighted by Crippen LogP contribution is -2.23. The van der Waals surface area contributed by atoms with Gasteiger partial charge in [-0.2, -0.15) is 0 Å². The Kier molecular flexibility index (Phi) is 1.24. The maximum Gasteiger partial charge on any atom is 0.261 e. The molecule has 1 N–H and O–H groups in total. The highest BCUT2D eigenvalue weighted by atomic mass is 19.3. The molecule has 0 amide bonds. The topological polar surface area (TPSA) is 12.0 Å². The van der Waals surface area contributed by atoms with Crippen molar-refractivity contribution in [2.45, 2.75) is 31.2 Å². The van der Waals surface area contributed by atoms with Gasteiger partial charge in [-0.05, 0) is 18.8 Å². The van der Waals surface area contributed by atoms with Crippen LogP contribution in [0.4, 0.5) is 8.78 Å². The largest absolute Gasteiger partial charge is 0.308 e. The fraction of sp³-hybridized carbons (Fsp3) is 1.00. The molecule has 1 saturated heterocycles. The first kappa shape index (κ1) is 6.53. The second-order valence-corrected chi connectivity index (χ2v) is 3.38. The van der Waals surface area contributed by atoms with Crippen LogP contribution in [0.15, 0.2) is 0 Å². The summed E-state index contributed by atoms with van der Waals surface area (Å²) in [5.74, 6) is -1.86. The number of halogens is 2. The van der Waals surface area contributed by atoms with Gasteiger partial charge in [-0.25, -0.2) is 8.78 Å². The standard InChI is InChI=1S/C7H11F2N/c8-7(9)3-6(10-4-7)5-1-2-5/h5-6,10H,1-4H2. The first-order valence-electron chi connectivity index (χ1n) is 3.79. The zero-order chi connectivity index (χ0) is 7.19. The van der Waals surface area contributed by atoms with Crippen LogP contribution >= 0.6 is 0 Å². The third kappa shape index (κ3) is 1.15. The van der Waals surface area contributed by atoms with E-state index in [2.05, 4.69) is 5.32 Å². The van der Waals surface area contributed by atoms with Gasteiger partial charge in [-0.15, -0.1) is 0 Å². The molecule has 0 aromatic carbocycles. The molecule has 2 aliphatic rings. The van der Waals surface area contributed by atoms with Gasteiger partial charge < -0.3 is 5.32 Å². The van der Waals surface area contributed by atoms with E-state index in [0.717, 1.165) is 12.8 Å². The summed E-state index contributed by atoms with van der Waals surface area (Å²) >= 11 is 0. The van der Waals surface area contributed by atoms with Crippen LogP contribution in [0.3, 0.4) is 0 Å². The molecule has 0 radical (unpaired) electrons. The van der Waals surface area contributed by atoms with Gasteiger partial charge in [0, 0.05) is 12.5 Å². The highest BCUT2D eigenvalue weighted by molar-refractivity contribution is 4.95. The molecule has 2 fully saturated rings. The number of alkyl halides is 2. The third-order valence-electron chi connectivity index (χ3n) is 2.33. The SMILES string of the molecule is FC1(F)CNC(C2CC2)C1. The average molecular weight is 147 g/mol. The van der Waals surface area contributed by atoms with E-state index in [9.17, 15) is 8.78 Å². The smallest absolute Gasteiger partial charge is 0.261 e. The molecule has 1 heterocycles. The minimum atomic E-state index is -2.42. The number of nitrogens with one attached hydrogen (secondary N) is 1. The van der Waals surface area contributed by atoms with Crippen molar-refractivity contribution in [1.82, 2.24) is 5.32 Å². The molecule has 1 aliphatic carbocycles. The van der Waals surface area contributed by atoms with E-state index in [1.54, 1.807) is 0 Å². The molecule has 0 spiro atoms. The number of rotatable bonds is 1. The van der Waals surface area contributed by atoms with Crippen molar-refractivity contribution in [1.29, 1.82) is 0 Å². The molecule has 1 aliphatic heterocycles. The van der Waals surface area contributed by atoms with Crippen molar-refractivity contribution in [2.24, 2.45) is 5.92 Å². The van der Waals surface area contributed by atoms with Crippen molar-refractivity contribution in [3.8, 4) is 0 Å². The molecule has 0 bridgehead atoms. The Hall–Kier alpha value is -0.180. The van der Waals surface area contributed by atoms with Crippen LogP contribution in [0.2, 0.25) is 0 Å². The molecule has 2 rings (SSSR count). The van der Waals surface area contributed by atoms with Gasteiger partial charge in [0.15, 0.2) is 0 Å². The van der Waals surface area contributed by atoms with Gasteiger partial charge in [-0.3, -0.25) is 0 Å². The van der Waals surface area contributed by atoms with Crippen molar-refractivity contribution in [3.05, 3.63) is 0 Å². The van der Waals surface area contributed by atoms with Crippen LogP contribution in [0.1, 0.15) is 19.3 Å². The van der Waals surface area contributed by atoms with Crippen LogP contribution in [-0.2, 0) is 0 Å². The second-order valence-electron chi connectivity index (χ2n) is 3.38. The van der Waals surface area contributed by atoms with Crippen molar-refractivity contribution < 1.29 is 8.78 Å². The Labute approximate surface area is 58.8 Å². The predicted molar refractivity (Wildman–Crippen MR) is 34.1 cm³/mol. The van der Waals surface area contributed by atoms with E-state index < -0.39 is 5.92 Å². The Morgan fingerprint density at radius 3 is 2.40 bits per heavy atom. The zero-order valence-electron chi connectivity index (χ0n) is 5.74. The van der Waals surface area contributed by atoms with Crippen LogP contribution in [0.25, 0.3) is 0 Å². The molecule has 0 aromatic rings. The zero-order valence-corrected chi connectivity index (χ0v) is 5.74. The van der Waals surface area contributed by atoms with Gasteiger partial charge in [0.25, 0.3) is 5.92 Å². The Morgan fingerprint density at radius 2 is 2.00 bits per heavy atom. The van der Waals surface area contributed by atoms with Gasteiger partial charge in [0.1, 0.15) is 0 Å². The van der Waals surface area contributed by atoms with Gasteiger partial charge in [0.2, 0.25) is 0 Å². The fourth-order valence-corrected chi connectivity index (χ4v) is 1.58. The summed E-state index contributed by atoms with van der Waals surface area (Å²) in [6, 6.07) is 0.120. The minimum Gasteiger partial charge on any atom is -0.308 e. The quantitative estimate of drug-likeness (QED) is 0.591. The first-order chi connectivity index (χ1) is 4.67. The van der Waals surface area contributed by atoms with E-state index >= 15 is 0 Å². The lowest BCUT2D eigenvalue weighted by molar-refractivity contribution is 0.0204. The maximum absolute atomic E-state index is 12.5. The van der Waals surface area contributed by atoms with Crippen molar-refractivity contribution >= 4 is 0 Å². The van der Waals surface area contributed by atoms with Crippen LogP contribution in [0, 0.1) is 5.92 Å². The normalized spacial score (nSPS) is 38.4. The summed E-state index contributed by atoms with van der Waals surface area (Å²) in [6.45, 7) is -0.103. The summed E-state index contributed by atoms with van der Waals surface area (Å²) in [5, 5.41) is 2.86. The summed E-state index contributed by atoms with van der Waals surface area (Å²) in [6.07, 6.45) is 2.36. The highest BCUT2D eigenvalue weighted by Gasteiger charge is 2.45. The molecular weight excluding hydrogens is 136 g/mol. The molecule has 1 saturated carbocycles. The van der Waals surface area contributed by atoms with Crippen LogP contribution in [-0.4, -0.2) is 18.5 Å². The lowest BCUT2D eigenvalue weighted by atomic mass is 10.1. The molecule has 1 unspecified atom stereocenters. The molecule has 1 nitrogen and oxygen atoms in total. The van der Waals surface area contributed by atoms with Gasteiger partial charge in [-0.1, -0.05) is 0 Å². The van der Waals surface area contributed by atoms with Crippen LogP contribution < -0.4 is 5.32 Å². The highest BCUT2D eigenvalue weighted by Crippen LogP contribution is 2.39. The monoisotopic (exact) mass is 147 g/mol. The number of hydrogen-bond donors (Lipinski definition) is 1. The summed E-state index contributed by atoms with van der Waals surface area (Å²) < 4.78 is 25.0. The Balaban J connectivity index is 1.92. The van der Waals surface area contributed by atoms with Crippen molar-refractivity contribution in [3.63, 3.8) is 0 Å². The maximum atomic E-state index is 12.5. The van der Waals surface area contributed by atoms with E-state index in [-0.39, 0.29) is 19.0 Å². The summed E-state index contributed by atoms with van der Waals surface area (Å²) in [7, 11) is 0. The molecule has 1 atom stereocenters. The summed E-state index contributed by atoms with van der Waals surface area (Å²) in [5.41, 5.74) is 0. The van der Waals surface area contributed by atoms with Crippen LogP contribution in [0.5, 0.6) is 0 Å². The van der Waals surface area contributed by atoms with E-state index in [1.165, 1.54) is 0 Å². The van der Waals surface area contributed by atoms with Gasteiger partial charge >= 0.3 is 0 Å². The molecule has 10 heavy (non-hydrogen) atoms. The average Bonchev–Trinajstić information content (AvgIpc) is 2.59. The molecule has 3 heteroatoms. The lowest BCUT2D eigenvalue weighted by Gasteiger charge is -2.06. The predicted octanol–water partition coefficient (Wildman–Crippen LogP) is 1.39. The Morgan fingerprint density at radius 1 is 1.30 bits per heavy atom. The third-order valence-corrected chi connectivity index (χ3v) is 2.33. The van der Waals surface area contributed by atoms with E-state index in [4.69, 9.17) is 0 Å². The molecule has 0 aromatic heterocycles. The minimum absolute atomic E-state index is 0.0671. The summed E-state index contributed by atoms with van der Waals surface area (Å²) in [4.78, 5) is 0. The van der Waals surface area contributed by atoms with E-state index in [0.29, 0.717) is 5.92 Å². The second kappa shape index (κ2) is 1.91. The van der Waals surface area contributed by atoms with Gasteiger partial charge in [0.05, 0.1) is 6.54 Å². The molecular formula is C7H11F2N. The number of hydrogen-bond acceptors (Lipinski definition) is 1.